The summed E-state index contributed by atoms with van der Waals surface area (Å²) in [5, 5.41) is 17.5. The van der Waals surface area contributed by atoms with Crippen LogP contribution in [0.4, 0.5) is 0 Å². The summed E-state index contributed by atoms with van der Waals surface area (Å²) in [6.45, 7) is 80.0. The summed E-state index contributed by atoms with van der Waals surface area (Å²) >= 11 is 4.78. The number of nitrogens with one attached hydrogen (secondary N) is 4. The first-order chi connectivity index (χ1) is 45.0. The maximum atomic E-state index is 4.58. The van der Waals surface area contributed by atoms with Gasteiger partial charge in [0.2, 0.25) is 0 Å². The van der Waals surface area contributed by atoms with Crippen LogP contribution in [0, 0.1) is 0 Å². The van der Waals surface area contributed by atoms with Gasteiger partial charge in [-0.2, -0.15) is 16.4 Å². The van der Waals surface area contributed by atoms with Crippen LogP contribution in [0.25, 0.3) is 0 Å². The van der Waals surface area contributed by atoms with E-state index < -0.39 is 0 Å². The molecule has 14 nitrogen and oxygen atoms in total. The highest BCUT2D eigenvalue weighted by atomic mass is 32.1. The molecule has 0 radical (unpaired) electrons. The van der Waals surface area contributed by atoms with Gasteiger partial charge < -0.3 is 28.3 Å². The number of H-pyrrole nitrogens is 4. The van der Waals surface area contributed by atoms with Gasteiger partial charge in [-0.25, -0.2) is 19.3 Å². The van der Waals surface area contributed by atoms with Gasteiger partial charge in [-0.1, -0.05) is 294 Å². The standard InChI is InChI=1S/C4H5N.C4H4O.C4H4S.3C3H4N2.2C3H3NO.2C3H3NS.20C2H6/c3*1-2-4-5-3-1;2*1-2-5-3-4-1;1-2-4-5-3-1;1-2-5-3-4-1;1-2-4-5-3-1;1-2-5-3-4-1;1-2-4-5-3-1;20*1-2/h1-5H;2*1-4H;3*1-3H,(H,4,5);4*1-3H;20*1-2H3. The second-order valence-electron chi connectivity index (χ2n) is 7.49. The highest BCUT2D eigenvalue weighted by Gasteiger charge is 1.63. The van der Waals surface area contributed by atoms with Crippen molar-refractivity contribution in [3.63, 3.8) is 0 Å². The third-order valence-electron chi connectivity index (χ3n) is 3.95. The van der Waals surface area contributed by atoms with Crippen molar-refractivity contribution in [2.24, 2.45) is 0 Å². The number of thiophene rings is 1. The molecule has 0 aliphatic rings. The smallest absolute Gasteiger partial charge is 0.180 e. The van der Waals surface area contributed by atoms with Crippen LogP contribution >= 0.6 is 34.2 Å². The number of hydrogen-bond donors (Lipinski definition) is 4. The minimum absolute atomic E-state index is 1.38. The molecular formula is C73H157N11O3S3. The number of furan rings is 1. The molecule has 0 fully saturated rings. The molecule has 0 saturated heterocycles. The number of imidazole rings is 2. The number of aromatic amines is 4. The topological polar surface area (TPSA) is 193 Å². The third-order valence-corrected chi connectivity index (χ3v) is 5.63. The van der Waals surface area contributed by atoms with Crippen molar-refractivity contribution in [2.45, 2.75) is 277 Å². The van der Waals surface area contributed by atoms with E-state index >= 15 is 0 Å². The molecule has 10 aromatic rings. The Balaban J connectivity index is -0.0000000317. The molecule has 0 aromatic carbocycles. The minimum atomic E-state index is 1.38. The molecule has 0 unspecified atom stereocenters. The second-order valence-corrected chi connectivity index (χ2v) is 9.75. The van der Waals surface area contributed by atoms with E-state index in [-0.39, 0.29) is 0 Å². The van der Waals surface area contributed by atoms with E-state index in [4.69, 9.17) is 0 Å². The molecule has 0 saturated carbocycles. The molecule has 0 bridgehead atoms. The zero-order valence-corrected chi connectivity index (χ0v) is 69.1. The van der Waals surface area contributed by atoms with Gasteiger partial charge in [0.25, 0.3) is 0 Å². The summed E-state index contributed by atoms with van der Waals surface area (Å²) in [4.78, 5) is 23.0. The second kappa shape index (κ2) is 289. The average molecular weight is 1330 g/mol. The van der Waals surface area contributed by atoms with E-state index in [1.807, 2.05) is 359 Å². The highest BCUT2D eigenvalue weighted by molar-refractivity contribution is 7.07. The van der Waals surface area contributed by atoms with Gasteiger partial charge in [-0.15, -0.1) is 11.3 Å². The van der Waals surface area contributed by atoms with Gasteiger partial charge in [0.1, 0.15) is 12.5 Å². The van der Waals surface area contributed by atoms with Crippen LogP contribution in [-0.2, 0) is 0 Å². The number of oxazole rings is 1. The largest absolute Gasteiger partial charge is 0.473 e. The molecule has 540 valence electrons. The van der Waals surface area contributed by atoms with Crippen LogP contribution in [0.3, 0.4) is 0 Å². The van der Waals surface area contributed by atoms with Crippen LogP contribution in [-0.4, -0.2) is 54.6 Å². The lowest BCUT2D eigenvalue weighted by atomic mass is 10.7. The van der Waals surface area contributed by atoms with Crippen LogP contribution < -0.4 is 0 Å². The molecule has 0 atom stereocenters. The predicted octanol–water partition coefficient (Wildman–Crippen LogP) is 29.4. The lowest BCUT2D eigenvalue weighted by molar-refractivity contribution is 0.420. The lowest BCUT2D eigenvalue weighted by Crippen LogP contribution is -1.53. The molecule has 10 rings (SSSR count). The van der Waals surface area contributed by atoms with Crippen molar-refractivity contribution < 1.29 is 13.4 Å². The van der Waals surface area contributed by atoms with E-state index in [0.29, 0.717) is 0 Å². The Bertz CT molecular complexity index is 1090. The molecule has 0 amide bonds. The van der Waals surface area contributed by atoms with Crippen LogP contribution in [0.5, 0.6) is 0 Å². The summed E-state index contributed by atoms with van der Waals surface area (Å²) in [6.07, 6.45) is 31.7. The van der Waals surface area contributed by atoms with Crippen LogP contribution in [0.15, 0.2) is 213 Å². The first-order valence-corrected chi connectivity index (χ1v) is 36.9. The third kappa shape index (κ3) is 279. The molecule has 10 heterocycles. The van der Waals surface area contributed by atoms with E-state index in [2.05, 4.69) is 68.0 Å². The minimum Gasteiger partial charge on any atom is -0.473 e. The maximum Gasteiger partial charge on any atom is 0.180 e. The van der Waals surface area contributed by atoms with Gasteiger partial charge >= 0.3 is 0 Å². The summed E-state index contributed by atoms with van der Waals surface area (Å²) in [5.74, 6) is 0. The molecule has 10 aromatic heterocycles. The summed E-state index contributed by atoms with van der Waals surface area (Å²) < 4.78 is 17.2. The Morgan fingerprint density at radius 3 is 0.811 bits per heavy atom. The molecule has 4 N–H and O–H groups in total. The number of thiazole rings is 1. The maximum absolute atomic E-state index is 4.58. The quantitative estimate of drug-likeness (QED) is 0.114. The molecule has 17 heteroatoms. The Labute approximate surface area is 575 Å². The van der Waals surface area contributed by atoms with Crippen molar-refractivity contribution >= 4 is 34.2 Å². The predicted molar refractivity (Wildman–Crippen MR) is 424 cm³/mol. The molecule has 0 spiro atoms. The number of rotatable bonds is 0. The number of nitrogens with zero attached hydrogens (tertiary/aromatic N) is 7. The molecule has 0 aliphatic heterocycles. The van der Waals surface area contributed by atoms with Crippen molar-refractivity contribution in [1.82, 2.24) is 54.6 Å². The normalized spacial score (nSPS) is 5.78. The van der Waals surface area contributed by atoms with Crippen molar-refractivity contribution in [3.05, 3.63) is 200 Å². The van der Waals surface area contributed by atoms with E-state index in [0.717, 1.165) is 0 Å². The van der Waals surface area contributed by atoms with Crippen LogP contribution in [0.2, 0.25) is 0 Å². The average Bonchev–Trinajstić information content (AvgIpc) is 4.52. The summed E-state index contributed by atoms with van der Waals surface area (Å²) in [7, 11) is 0. The Morgan fingerprint density at radius 2 is 0.711 bits per heavy atom. The fourth-order valence-electron chi connectivity index (χ4n) is 2.08. The lowest BCUT2D eigenvalue weighted by Gasteiger charge is -1.50. The molecule has 90 heavy (non-hydrogen) atoms. The van der Waals surface area contributed by atoms with Gasteiger partial charge in [-0.3, -0.25) is 10.1 Å². The van der Waals surface area contributed by atoms with Crippen molar-refractivity contribution in [2.75, 3.05) is 0 Å². The number of hydrogen-bond acceptors (Lipinski definition) is 13. The number of aromatic nitrogens is 11. The van der Waals surface area contributed by atoms with Gasteiger partial charge in [0.15, 0.2) is 6.39 Å². The van der Waals surface area contributed by atoms with Crippen molar-refractivity contribution in [1.29, 1.82) is 0 Å². The zero-order valence-electron chi connectivity index (χ0n) is 66.6. The SMILES string of the molecule is CC.CC.CC.CC.CC.CC.CC.CC.CC.CC.CC.CC.CC.CC.CC.CC.CC.CC.CC.CC.c1c[nH]cn1.c1c[nH]cn1.c1cc[nH]c1.c1ccoc1.c1ccsc1.c1cn[nH]c1.c1cnoc1.c1cnsc1.c1cocn1.c1cscn1. The molecule has 0 aliphatic carbocycles. The van der Waals surface area contributed by atoms with Gasteiger partial charge in [-0.05, 0) is 64.8 Å². The molecular weight excluding hydrogens is 1180 g/mol. The summed E-state index contributed by atoms with van der Waals surface area (Å²) in [6, 6.07) is 17.1. The summed E-state index contributed by atoms with van der Waals surface area (Å²) in [5.41, 5.74) is 1.79. The van der Waals surface area contributed by atoms with E-state index in [1.165, 1.54) is 30.5 Å². The first kappa shape index (κ1) is 141. The van der Waals surface area contributed by atoms with E-state index in [1.54, 1.807) is 121 Å². The zero-order chi connectivity index (χ0) is 75.4. The van der Waals surface area contributed by atoms with Gasteiger partial charge in [0.05, 0.1) is 43.1 Å². The monoisotopic (exact) mass is 1330 g/mol. The van der Waals surface area contributed by atoms with E-state index in [9.17, 15) is 0 Å². The van der Waals surface area contributed by atoms with Crippen molar-refractivity contribution in [3.8, 4) is 0 Å². The fourth-order valence-corrected chi connectivity index (χ4v) is 3.24. The Hall–Kier alpha value is -6.43. The Morgan fingerprint density at radius 1 is 0.278 bits per heavy atom. The van der Waals surface area contributed by atoms with Crippen LogP contribution in [0.1, 0.15) is 277 Å². The van der Waals surface area contributed by atoms with Gasteiger partial charge in [0, 0.05) is 72.7 Å². The Kier molecular flexibility index (Phi) is 453. The first-order valence-electron chi connectivity index (χ1n) is 34.1. The fraction of sp³-hybridized carbons (Fsp3) is 0.548. The highest BCUT2D eigenvalue weighted by Crippen LogP contribution is 1.91.